The van der Waals surface area contributed by atoms with Gasteiger partial charge in [0.25, 0.3) is 5.91 Å². The fraction of sp³-hybridized carbons (Fsp3) is 0.231. The van der Waals surface area contributed by atoms with Crippen LogP contribution < -0.4 is 10.1 Å². The minimum Gasteiger partial charge on any atom is -0.491 e. The molecule has 1 N–H and O–H groups in total. The monoisotopic (exact) mass is 462 g/mol. The molecule has 168 valence electrons. The number of pyridine rings is 1. The van der Waals surface area contributed by atoms with Crippen LogP contribution in [0.2, 0.25) is 5.02 Å². The average molecular weight is 463 g/mol. The van der Waals surface area contributed by atoms with Gasteiger partial charge in [0.05, 0.1) is 30.4 Å². The number of halogens is 1. The highest BCUT2D eigenvalue weighted by molar-refractivity contribution is 6.34. The number of carbonyl (C=O) groups excluding carboxylic acids is 1. The Hall–Kier alpha value is -3.37. The van der Waals surface area contributed by atoms with Gasteiger partial charge in [-0.25, -0.2) is 4.98 Å². The summed E-state index contributed by atoms with van der Waals surface area (Å²) in [5, 5.41) is 3.14. The van der Waals surface area contributed by atoms with Crippen LogP contribution in [-0.4, -0.2) is 43.4 Å². The van der Waals surface area contributed by atoms with Crippen molar-refractivity contribution < 1.29 is 19.0 Å². The number of aromatic nitrogens is 1. The predicted molar refractivity (Wildman–Crippen MR) is 127 cm³/mol. The molecule has 3 aromatic rings. The molecule has 2 aromatic carbocycles. The van der Waals surface area contributed by atoms with E-state index >= 15 is 0 Å². The normalized spacial score (nSPS) is 15.3. The number of benzene rings is 2. The highest BCUT2D eigenvalue weighted by atomic mass is 35.5. The Kier molecular flexibility index (Phi) is 7.59. The van der Waals surface area contributed by atoms with Crippen LogP contribution in [0.3, 0.4) is 0 Å². The van der Waals surface area contributed by atoms with Crippen molar-refractivity contribution in [2.24, 2.45) is 0 Å². The Morgan fingerprint density at radius 2 is 1.97 bits per heavy atom. The largest absolute Gasteiger partial charge is 0.491 e. The molecule has 0 aliphatic carbocycles. The first kappa shape index (κ1) is 22.8. The van der Waals surface area contributed by atoms with Gasteiger partial charge in [0.2, 0.25) is 0 Å². The fourth-order valence-electron chi connectivity index (χ4n) is 3.20. The summed E-state index contributed by atoms with van der Waals surface area (Å²) in [5.41, 5.74) is 2.77. The van der Waals surface area contributed by atoms with Gasteiger partial charge in [0.1, 0.15) is 24.3 Å². The number of nitrogens with zero attached hydrogens (tertiary/aromatic N) is 1. The SMILES string of the molecule is Cc1cc(C#Cc2ccccc2)cnc1NC(=O)c1cc(OC[C@@H]2COCCO2)ccc1Cl. The van der Waals surface area contributed by atoms with Gasteiger partial charge in [-0.05, 0) is 48.9 Å². The van der Waals surface area contributed by atoms with E-state index in [0.717, 1.165) is 16.7 Å². The second kappa shape index (κ2) is 11.0. The summed E-state index contributed by atoms with van der Waals surface area (Å²) in [6.45, 7) is 3.82. The van der Waals surface area contributed by atoms with Crippen LogP contribution in [0, 0.1) is 18.8 Å². The van der Waals surface area contributed by atoms with Crippen LogP contribution in [0.5, 0.6) is 5.75 Å². The molecule has 1 atom stereocenters. The molecule has 1 aromatic heterocycles. The lowest BCUT2D eigenvalue weighted by molar-refractivity contribution is -0.101. The number of aryl methyl sites for hydroxylation is 1. The number of carbonyl (C=O) groups is 1. The lowest BCUT2D eigenvalue weighted by Crippen LogP contribution is -2.33. The molecule has 1 aliphatic heterocycles. The summed E-state index contributed by atoms with van der Waals surface area (Å²) < 4.78 is 16.7. The van der Waals surface area contributed by atoms with Gasteiger partial charge in [0, 0.05) is 17.3 Å². The van der Waals surface area contributed by atoms with E-state index in [1.807, 2.05) is 43.3 Å². The Morgan fingerprint density at radius 1 is 1.15 bits per heavy atom. The molecule has 6 nitrogen and oxygen atoms in total. The van der Waals surface area contributed by atoms with Crippen LogP contribution in [0.15, 0.2) is 60.8 Å². The minimum absolute atomic E-state index is 0.137. The number of rotatable bonds is 5. The van der Waals surface area contributed by atoms with Crippen molar-refractivity contribution in [1.82, 2.24) is 4.98 Å². The van der Waals surface area contributed by atoms with E-state index in [1.165, 1.54) is 0 Å². The molecule has 7 heteroatoms. The van der Waals surface area contributed by atoms with Crippen molar-refractivity contribution in [3.8, 4) is 17.6 Å². The standard InChI is InChI=1S/C26H23ClN2O4/c1-18-13-20(8-7-19-5-3-2-4-6-19)15-28-25(18)29-26(30)23-14-21(9-10-24(23)27)33-17-22-16-31-11-12-32-22/h2-6,9-10,13-15,22H,11-12,16-17H2,1H3,(H,28,29,30)/t22-/m0/s1. The molecule has 0 saturated carbocycles. The van der Waals surface area contributed by atoms with E-state index in [9.17, 15) is 4.79 Å². The summed E-state index contributed by atoms with van der Waals surface area (Å²) in [6.07, 6.45) is 1.49. The smallest absolute Gasteiger partial charge is 0.258 e. The maximum absolute atomic E-state index is 12.9. The van der Waals surface area contributed by atoms with Crippen molar-refractivity contribution in [3.63, 3.8) is 0 Å². The van der Waals surface area contributed by atoms with E-state index in [0.29, 0.717) is 48.6 Å². The lowest BCUT2D eigenvalue weighted by atomic mass is 10.1. The summed E-state index contributed by atoms with van der Waals surface area (Å²) in [7, 11) is 0. The van der Waals surface area contributed by atoms with Crippen LogP contribution >= 0.6 is 11.6 Å². The Labute approximate surface area is 197 Å². The Morgan fingerprint density at radius 3 is 2.73 bits per heavy atom. The predicted octanol–water partition coefficient (Wildman–Crippen LogP) is 4.49. The molecule has 1 aliphatic rings. The fourth-order valence-corrected chi connectivity index (χ4v) is 3.41. The maximum Gasteiger partial charge on any atom is 0.258 e. The highest BCUT2D eigenvalue weighted by Gasteiger charge is 2.17. The van der Waals surface area contributed by atoms with E-state index in [4.69, 9.17) is 25.8 Å². The van der Waals surface area contributed by atoms with E-state index in [-0.39, 0.29) is 12.0 Å². The number of nitrogens with one attached hydrogen (secondary N) is 1. The molecule has 0 spiro atoms. The Bertz CT molecular complexity index is 1180. The zero-order valence-corrected chi connectivity index (χ0v) is 18.9. The number of ether oxygens (including phenoxy) is 3. The van der Waals surface area contributed by atoms with E-state index in [2.05, 4.69) is 22.1 Å². The van der Waals surface area contributed by atoms with Crippen LogP contribution in [0.4, 0.5) is 5.82 Å². The quantitative estimate of drug-likeness (QED) is 0.566. The van der Waals surface area contributed by atoms with Gasteiger partial charge >= 0.3 is 0 Å². The maximum atomic E-state index is 12.9. The Balaban J connectivity index is 1.42. The third-order valence-corrected chi connectivity index (χ3v) is 5.27. The number of amides is 1. The van der Waals surface area contributed by atoms with Crippen molar-refractivity contribution in [2.75, 3.05) is 31.7 Å². The lowest BCUT2D eigenvalue weighted by Gasteiger charge is -2.23. The molecule has 1 saturated heterocycles. The van der Waals surface area contributed by atoms with Crippen molar-refractivity contribution in [3.05, 3.63) is 88.1 Å². The van der Waals surface area contributed by atoms with Gasteiger partial charge in [-0.15, -0.1) is 0 Å². The summed E-state index contributed by atoms with van der Waals surface area (Å²) in [6, 6.07) is 16.5. The molecule has 2 heterocycles. The minimum atomic E-state index is -0.374. The first-order valence-corrected chi connectivity index (χ1v) is 10.9. The van der Waals surface area contributed by atoms with Gasteiger partial charge in [-0.1, -0.05) is 41.6 Å². The zero-order chi connectivity index (χ0) is 23.0. The van der Waals surface area contributed by atoms with Gasteiger partial charge < -0.3 is 19.5 Å². The van der Waals surface area contributed by atoms with Gasteiger partial charge in [0.15, 0.2) is 0 Å². The summed E-state index contributed by atoms with van der Waals surface area (Å²) in [5.74, 6) is 6.78. The van der Waals surface area contributed by atoms with Crippen LogP contribution in [-0.2, 0) is 9.47 Å². The van der Waals surface area contributed by atoms with E-state index < -0.39 is 0 Å². The molecule has 1 fully saturated rings. The van der Waals surface area contributed by atoms with Crippen LogP contribution in [0.1, 0.15) is 27.0 Å². The molecule has 33 heavy (non-hydrogen) atoms. The van der Waals surface area contributed by atoms with Crippen molar-refractivity contribution in [2.45, 2.75) is 13.0 Å². The van der Waals surface area contributed by atoms with Crippen molar-refractivity contribution in [1.29, 1.82) is 0 Å². The molecular formula is C26H23ClN2O4. The summed E-state index contributed by atoms with van der Waals surface area (Å²) >= 11 is 6.27. The van der Waals surface area contributed by atoms with Crippen LogP contribution in [0.25, 0.3) is 0 Å². The first-order chi connectivity index (χ1) is 16.1. The second-order valence-electron chi connectivity index (χ2n) is 7.48. The molecule has 0 bridgehead atoms. The van der Waals surface area contributed by atoms with E-state index in [1.54, 1.807) is 24.4 Å². The second-order valence-corrected chi connectivity index (χ2v) is 7.89. The number of hydrogen-bond acceptors (Lipinski definition) is 5. The average Bonchev–Trinajstić information content (AvgIpc) is 2.85. The number of hydrogen-bond donors (Lipinski definition) is 1. The van der Waals surface area contributed by atoms with Gasteiger partial charge in [-0.2, -0.15) is 0 Å². The number of anilines is 1. The third-order valence-electron chi connectivity index (χ3n) is 4.94. The highest BCUT2D eigenvalue weighted by Crippen LogP contribution is 2.24. The van der Waals surface area contributed by atoms with Crippen molar-refractivity contribution >= 4 is 23.3 Å². The third kappa shape index (κ3) is 6.33. The molecule has 4 rings (SSSR count). The first-order valence-electron chi connectivity index (χ1n) is 10.6. The summed E-state index contributed by atoms with van der Waals surface area (Å²) in [4.78, 5) is 17.2. The molecule has 1 amide bonds. The molecular weight excluding hydrogens is 440 g/mol. The molecule has 0 radical (unpaired) electrons. The topological polar surface area (TPSA) is 69.7 Å². The zero-order valence-electron chi connectivity index (χ0n) is 18.1. The molecule has 0 unspecified atom stereocenters. The van der Waals surface area contributed by atoms with Gasteiger partial charge in [-0.3, -0.25) is 4.79 Å².